The summed E-state index contributed by atoms with van der Waals surface area (Å²) in [5.41, 5.74) is 0. The van der Waals surface area contributed by atoms with Crippen molar-refractivity contribution >= 4 is 11.3 Å². The van der Waals surface area contributed by atoms with Gasteiger partial charge in [-0.1, -0.05) is 13.8 Å². The Morgan fingerprint density at radius 3 is 2.76 bits per heavy atom. The molecule has 2 heterocycles. The standard InChI is InChI=1S/C17H30N2OS/c1-14(2)6-8-19-10-9-18(12-16(19)7-11-20)13-17-5-4-15(3)21-17/h4-5,14,16,20H,6-13H2,1-3H3/t16-/m1/s1. The summed E-state index contributed by atoms with van der Waals surface area (Å²) in [4.78, 5) is 8.00. The number of hydrogen-bond acceptors (Lipinski definition) is 4. The van der Waals surface area contributed by atoms with Gasteiger partial charge in [0.05, 0.1) is 0 Å². The maximum absolute atomic E-state index is 9.35. The van der Waals surface area contributed by atoms with Gasteiger partial charge in [-0.2, -0.15) is 0 Å². The summed E-state index contributed by atoms with van der Waals surface area (Å²) in [6.07, 6.45) is 2.16. The monoisotopic (exact) mass is 310 g/mol. The Labute approximate surface area is 133 Å². The Hall–Kier alpha value is -0.420. The van der Waals surface area contributed by atoms with E-state index in [1.807, 2.05) is 11.3 Å². The lowest BCUT2D eigenvalue weighted by Crippen LogP contribution is -2.53. The fraction of sp³-hybridized carbons (Fsp3) is 0.765. The van der Waals surface area contributed by atoms with Gasteiger partial charge in [-0.25, -0.2) is 0 Å². The van der Waals surface area contributed by atoms with Crippen molar-refractivity contribution in [3.05, 3.63) is 21.9 Å². The Bertz CT molecular complexity index is 419. The van der Waals surface area contributed by atoms with Crippen molar-refractivity contribution in [1.29, 1.82) is 0 Å². The number of aliphatic hydroxyl groups excluding tert-OH is 1. The zero-order chi connectivity index (χ0) is 15.2. The van der Waals surface area contributed by atoms with Gasteiger partial charge >= 0.3 is 0 Å². The zero-order valence-corrected chi connectivity index (χ0v) is 14.5. The van der Waals surface area contributed by atoms with Crippen LogP contribution in [0.2, 0.25) is 0 Å². The number of nitrogens with zero attached hydrogens (tertiary/aromatic N) is 2. The highest BCUT2D eigenvalue weighted by Gasteiger charge is 2.26. The molecule has 0 aliphatic carbocycles. The first kappa shape index (κ1) is 16.9. The predicted molar refractivity (Wildman–Crippen MR) is 90.9 cm³/mol. The molecular weight excluding hydrogens is 280 g/mol. The van der Waals surface area contributed by atoms with Crippen LogP contribution in [-0.2, 0) is 6.54 Å². The third-order valence-electron chi connectivity index (χ3n) is 4.32. The van der Waals surface area contributed by atoms with Crippen LogP contribution in [0, 0.1) is 12.8 Å². The van der Waals surface area contributed by atoms with Crippen LogP contribution in [-0.4, -0.2) is 53.7 Å². The van der Waals surface area contributed by atoms with Crippen molar-refractivity contribution in [2.24, 2.45) is 5.92 Å². The van der Waals surface area contributed by atoms with Gasteiger partial charge in [0.15, 0.2) is 0 Å². The molecule has 0 radical (unpaired) electrons. The fourth-order valence-corrected chi connectivity index (χ4v) is 3.97. The SMILES string of the molecule is Cc1ccc(CN2CCN(CCC(C)C)[C@H](CCO)C2)s1. The third-order valence-corrected chi connectivity index (χ3v) is 5.31. The molecule has 1 aromatic heterocycles. The van der Waals surface area contributed by atoms with E-state index in [9.17, 15) is 5.11 Å². The minimum atomic E-state index is 0.300. The van der Waals surface area contributed by atoms with Crippen LogP contribution < -0.4 is 0 Å². The van der Waals surface area contributed by atoms with Gasteiger partial charge in [-0.3, -0.25) is 9.80 Å². The topological polar surface area (TPSA) is 26.7 Å². The van der Waals surface area contributed by atoms with E-state index in [4.69, 9.17) is 0 Å². The molecule has 0 amide bonds. The summed E-state index contributed by atoms with van der Waals surface area (Å²) >= 11 is 1.91. The Balaban J connectivity index is 1.87. The molecule has 21 heavy (non-hydrogen) atoms. The van der Waals surface area contributed by atoms with Crippen molar-refractivity contribution in [3.63, 3.8) is 0 Å². The van der Waals surface area contributed by atoms with E-state index in [1.54, 1.807) is 0 Å². The quantitative estimate of drug-likeness (QED) is 0.839. The number of thiophene rings is 1. The van der Waals surface area contributed by atoms with E-state index >= 15 is 0 Å². The number of aliphatic hydroxyl groups is 1. The molecule has 1 fully saturated rings. The fourth-order valence-electron chi connectivity index (χ4n) is 3.03. The number of hydrogen-bond donors (Lipinski definition) is 1. The number of rotatable bonds is 7. The smallest absolute Gasteiger partial charge is 0.0446 e. The van der Waals surface area contributed by atoms with Gasteiger partial charge in [-0.05, 0) is 44.4 Å². The molecule has 0 spiro atoms. The molecule has 120 valence electrons. The van der Waals surface area contributed by atoms with Gasteiger partial charge in [-0.15, -0.1) is 11.3 Å². The van der Waals surface area contributed by atoms with Gasteiger partial charge in [0.25, 0.3) is 0 Å². The van der Waals surface area contributed by atoms with Crippen LogP contribution in [0.15, 0.2) is 12.1 Å². The van der Waals surface area contributed by atoms with E-state index in [1.165, 1.54) is 22.7 Å². The highest BCUT2D eigenvalue weighted by atomic mass is 32.1. The first-order valence-corrected chi connectivity index (χ1v) is 9.02. The average molecular weight is 311 g/mol. The molecule has 1 atom stereocenters. The normalized spacial score (nSPS) is 21.3. The molecule has 1 saturated heterocycles. The first-order valence-electron chi connectivity index (χ1n) is 8.21. The van der Waals surface area contributed by atoms with Crippen molar-refractivity contribution in [1.82, 2.24) is 9.80 Å². The number of piperazine rings is 1. The van der Waals surface area contributed by atoms with Crippen molar-refractivity contribution in [2.45, 2.75) is 46.2 Å². The summed E-state index contributed by atoms with van der Waals surface area (Å²) in [5.74, 6) is 0.756. The Morgan fingerprint density at radius 2 is 2.14 bits per heavy atom. The van der Waals surface area contributed by atoms with E-state index in [2.05, 4.69) is 42.7 Å². The average Bonchev–Trinajstić information content (AvgIpc) is 2.83. The lowest BCUT2D eigenvalue weighted by molar-refractivity contribution is 0.0529. The lowest BCUT2D eigenvalue weighted by Gasteiger charge is -2.41. The lowest BCUT2D eigenvalue weighted by atomic mass is 10.1. The second kappa shape index (κ2) is 8.28. The van der Waals surface area contributed by atoms with Gasteiger partial charge < -0.3 is 5.11 Å². The molecule has 2 rings (SSSR count). The highest BCUT2D eigenvalue weighted by molar-refractivity contribution is 7.11. The molecule has 1 aromatic rings. The van der Waals surface area contributed by atoms with Crippen LogP contribution in [0.5, 0.6) is 0 Å². The minimum absolute atomic E-state index is 0.300. The summed E-state index contributed by atoms with van der Waals surface area (Å²) in [7, 11) is 0. The summed E-state index contributed by atoms with van der Waals surface area (Å²) < 4.78 is 0. The molecule has 0 aromatic carbocycles. The Kier molecular flexibility index (Phi) is 6.68. The maximum atomic E-state index is 9.35. The van der Waals surface area contributed by atoms with E-state index in [0.29, 0.717) is 12.6 Å². The number of aryl methyl sites for hydroxylation is 1. The highest BCUT2D eigenvalue weighted by Crippen LogP contribution is 2.21. The summed E-state index contributed by atoms with van der Waals surface area (Å²) in [5, 5.41) is 9.35. The van der Waals surface area contributed by atoms with Crippen LogP contribution in [0.4, 0.5) is 0 Å². The zero-order valence-electron chi connectivity index (χ0n) is 13.7. The van der Waals surface area contributed by atoms with Gasteiger partial charge in [0.2, 0.25) is 0 Å². The van der Waals surface area contributed by atoms with E-state index in [-0.39, 0.29) is 0 Å². The second-order valence-electron chi connectivity index (χ2n) is 6.63. The first-order chi connectivity index (χ1) is 10.1. The predicted octanol–water partition coefficient (Wildman–Crippen LogP) is 2.97. The molecule has 0 bridgehead atoms. The molecule has 1 aliphatic rings. The van der Waals surface area contributed by atoms with E-state index < -0.39 is 0 Å². The molecule has 1 N–H and O–H groups in total. The third kappa shape index (κ3) is 5.37. The van der Waals surface area contributed by atoms with Crippen LogP contribution in [0.1, 0.15) is 36.4 Å². The van der Waals surface area contributed by atoms with Gasteiger partial charge in [0, 0.05) is 48.6 Å². The minimum Gasteiger partial charge on any atom is -0.396 e. The van der Waals surface area contributed by atoms with Gasteiger partial charge in [0.1, 0.15) is 0 Å². The molecule has 0 saturated carbocycles. The molecule has 4 heteroatoms. The van der Waals surface area contributed by atoms with Crippen molar-refractivity contribution in [2.75, 3.05) is 32.8 Å². The van der Waals surface area contributed by atoms with Crippen LogP contribution >= 0.6 is 11.3 Å². The largest absolute Gasteiger partial charge is 0.396 e. The maximum Gasteiger partial charge on any atom is 0.0446 e. The Morgan fingerprint density at radius 1 is 1.33 bits per heavy atom. The van der Waals surface area contributed by atoms with Crippen molar-refractivity contribution < 1.29 is 5.11 Å². The van der Waals surface area contributed by atoms with E-state index in [0.717, 1.165) is 38.5 Å². The summed E-state index contributed by atoms with van der Waals surface area (Å²) in [6, 6.07) is 4.99. The van der Waals surface area contributed by atoms with Crippen LogP contribution in [0.25, 0.3) is 0 Å². The summed E-state index contributed by atoms with van der Waals surface area (Å²) in [6.45, 7) is 12.7. The van der Waals surface area contributed by atoms with Crippen molar-refractivity contribution in [3.8, 4) is 0 Å². The molecule has 3 nitrogen and oxygen atoms in total. The molecule has 0 unspecified atom stereocenters. The molecule has 1 aliphatic heterocycles. The second-order valence-corrected chi connectivity index (χ2v) is 8.00. The van der Waals surface area contributed by atoms with Crippen LogP contribution in [0.3, 0.4) is 0 Å². The molecular formula is C17H30N2OS.